The van der Waals surface area contributed by atoms with Crippen LogP contribution in [0.1, 0.15) is 29.5 Å². The smallest absolute Gasteiger partial charge is 0.303 e. The van der Waals surface area contributed by atoms with Crippen molar-refractivity contribution in [2.24, 2.45) is 0 Å². The fourth-order valence-electron chi connectivity index (χ4n) is 2.86. The number of aryl methyl sites for hydroxylation is 1. The minimum absolute atomic E-state index is 0.0103. The molecule has 0 spiro atoms. The quantitative estimate of drug-likeness (QED) is 0.489. The van der Waals surface area contributed by atoms with Crippen LogP contribution in [0.15, 0.2) is 53.4 Å². The number of nitrogens with zero attached hydrogens (tertiary/aromatic N) is 1. The van der Waals surface area contributed by atoms with E-state index in [1.807, 2.05) is 55.5 Å². The number of hydrogen-bond donors (Lipinski definition) is 1. The van der Waals surface area contributed by atoms with Gasteiger partial charge < -0.3 is 9.84 Å². The van der Waals surface area contributed by atoms with Crippen LogP contribution in [-0.4, -0.2) is 32.7 Å². The topological polar surface area (TPSA) is 66.8 Å². The van der Waals surface area contributed by atoms with Crippen molar-refractivity contribution in [1.29, 1.82) is 0 Å². The standard InChI is InChI=1S/C22H21NO4S2/c1-15-6-2-3-8-17(15)14-27-18-9-4-7-16(12-18)13-19-21(26)23(22(28)29-19)11-5-10-20(24)25/h2-4,6-9,12-13H,5,10-11,14H2,1H3,(H,24,25)/b19-13+. The van der Waals surface area contributed by atoms with Gasteiger partial charge in [-0.1, -0.05) is 60.4 Å². The van der Waals surface area contributed by atoms with Crippen molar-refractivity contribution in [3.63, 3.8) is 0 Å². The summed E-state index contributed by atoms with van der Waals surface area (Å²) in [5.41, 5.74) is 3.15. The predicted octanol–water partition coefficient (Wildman–Crippen LogP) is 4.64. The molecule has 1 amide bonds. The highest BCUT2D eigenvalue weighted by Gasteiger charge is 2.31. The van der Waals surface area contributed by atoms with E-state index in [-0.39, 0.29) is 12.3 Å². The van der Waals surface area contributed by atoms with E-state index in [1.165, 1.54) is 22.2 Å². The summed E-state index contributed by atoms with van der Waals surface area (Å²) in [6.07, 6.45) is 2.17. The Morgan fingerprint density at radius 3 is 2.79 bits per heavy atom. The van der Waals surface area contributed by atoms with Crippen molar-refractivity contribution < 1.29 is 19.4 Å². The average Bonchev–Trinajstić information content (AvgIpc) is 2.95. The molecule has 0 saturated carbocycles. The Kier molecular flexibility index (Phi) is 7.06. The molecule has 0 aromatic heterocycles. The van der Waals surface area contributed by atoms with Crippen molar-refractivity contribution in [1.82, 2.24) is 4.90 Å². The van der Waals surface area contributed by atoms with Crippen LogP contribution in [0.5, 0.6) is 5.75 Å². The maximum absolute atomic E-state index is 12.6. The molecule has 5 nitrogen and oxygen atoms in total. The van der Waals surface area contributed by atoms with E-state index in [1.54, 1.807) is 6.08 Å². The first-order chi connectivity index (χ1) is 13.9. The van der Waals surface area contributed by atoms with Gasteiger partial charge in [-0.3, -0.25) is 14.5 Å². The van der Waals surface area contributed by atoms with Crippen LogP contribution in [0.25, 0.3) is 6.08 Å². The summed E-state index contributed by atoms with van der Waals surface area (Å²) >= 11 is 6.51. The summed E-state index contributed by atoms with van der Waals surface area (Å²) in [4.78, 5) is 25.3. The zero-order valence-electron chi connectivity index (χ0n) is 16.0. The molecule has 1 saturated heterocycles. The van der Waals surface area contributed by atoms with Crippen molar-refractivity contribution in [3.8, 4) is 5.75 Å². The molecule has 2 aromatic rings. The van der Waals surface area contributed by atoms with Gasteiger partial charge in [0, 0.05) is 13.0 Å². The molecule has 7 heteroatoms. The second kappa shape index (κ2) is 9.71. The number of carbonyl (C=O) groups excluding carboxylic acids is 1. The minimum atomic E-state index is -0.881. The van der Waals surface area contributed by atoms with Crippen LogP contribution >= 0.6 is 24.0 Å². The lowest BCUT2D eigenvalue weighted by molar-refractivity contribution is -0.137. The highest BCUT2D eigenvalue weighted by atomic mass is 32.2. The SMILES string of the molecule is Cc1ccccc1COc1cccc(/C=C2/SC(=S)N(CCCC(=O)O)C2=O)c1. The molecule has 1 aliphatic rings. The van der Waals surface area contributed by atoms with Crippen LogP contribution in [0.2, 0.25) is 0 Å². The molecule has 29 heavy (non-hydrogen) atoms. The molecule has 0 unspecified atom stereocenters. The molecule has 0 bridgehead atoms. The lowest BCUT2D eigenvalue weighted by atomic mass is 10.1. The predicted molar refractivity (Wildman–Crippen MR) is 119 cm³/mol. The number of thioether (sulfide) groups is 1. The number of thiocarbonyl (C=S) groups is 1. The van der Waals surface area contributed by atoms with Crippen molar-refractivity contribution in [3.05, 3.63) is 70.1 Å². The van der Waals surface area contributed by atoms with Crippen LogP contribution in [0.4, 0.5) is 0 Å². The van der Waals surface area contributed by atoms with Crippen LogP contribution in [0, 0.1) is 6.92 Å². The molecule has 150 valence electrons. The van der Waals surface area contributed by atoms with E-state index in [0.717, 1.165) is 16.9 Å². The maximum Gasteiger partial charge on any atom is 0.303 e. The van der Waals surface area contributed by atoms with Gasteiger partial charge in [0.15, 0.2) is 0 Å². The van der Waals surface area contributed by atoms with Gasteiger partial charge in [0.2, 0.25) is 0 Å². The third kappa shape index (κ3) is 5.68. The molecule has 1 heterocycles. The Hall–Kier alpha value is -2.64. The summed E-state index contributed by atoms with van der Waals surface area (Å²) in [7, 11) is 0. The highest BCUT2D eigenvalue weighted by Crippen LogP contribution is 2.33. The zero-order chi connectivity index (χ0) is 20.8. The van der Waals surface area contributed by atoms with Gasteiger partial charge in [0.1, 0.15) is 16.7 Å². The lowest BCUT2D eigenvalue weighted by Crippen LogP contribution is -2.29. The van der Waals surface area contributed by atoms with Gasteiger partial charge in [-0.15, -0.1) is 0 Å². The summed E-state index contributed by atoms with van der Waals surface area (Å²) in [5, 5.41) is 8.76. The van der Waals surface area contributed by atoms with Gasteiger partial charge >= 0.3 is 5.97 Å². The van der Waals surface area contributed by atoms with Crippen LogP contribution < -0.4 is 4.74 Å². The number of ether oxygens (including phenoxy) is 1. The largest absolute Gasteiger partial charge is 0.489 e. The van der Waals surface area contributed by atoms with Gasteiger partial charge in [-0.05, 0) is 48.2 Å². The van der Waals surface area contributed by atoms with Gasteiger partial charge in [0.05, 0.1) is 4.91 Å². The Bertz CT molecular complexity index is 971. The number of carboxylic acid groups (broad SMARTS) is 1. The van der Waals surface area contributed by atoms with E-state index < -0.39 is 5.97 Å². The number of hydrogen-bond acceptors (Lipinski definition) is 5. The Morgan fingerprint density at radius 1 is 1.24 bits per heavy atom. The summed E-state index contributed by atoms with van der Waals surface area (Å²) in [6.45, 7) is 2.84. The number of aliphatic carboxylic acids is 1. The number of benzene rings is 2. The average molecular weight is 428 g/mol. The first-order valence-electron chi connectivity index (χ1n) is 9.18. The number of rotatable bonds is 8. The van der Waals surface area contributed by atoms with Gasteiger partial charge in [-0.25, -0.2) is 0 Å². The van der Waals surface area contributed by atoms with E-state index >= 15 is 0 Å². The van der Waals surface area contributed by atoms with E-state index in [2.05, 4.69) is 0 Å². The second-order valence-corrected chi connectivity index (χ2v) is 8.29. The number of amides is 1. The number of carbonyl (C=O) groups is 2. The molecule has 2 aromatic carbocycles. The molecule has 1 fully saturated rings. The highest BCUT2D eigenvalue weighted by molar-refractivity contribution is 8.26. The zero-order valence-corrected chi connectivity index (χ0v) is 17.6. The third-order valence-electron chi connectivity index (χ3n) is 4.46. The number of carboxylic acids is 1. The fourth-order valence-corrected chi connectivity index (χ4v) is 4.17. The van der Waals surface area contributed by atoms with E-state index in [4.69, 9.17) is 22.1 Å². The summed E-state index contributed by atoms with van der Waals surface area (Å²) in [5.74, 6) is -0.343. The third-order valence-corrected chi connectivity index (χ3v) is 5.84. The first-order valence-corrected chi connectivity index (χ1v) is 10.4. The van der Waals surface area contributed by atoms with Crippen LogP contribution in [-0.2, 0) is 16.2 Å². The molecular formula is C22H21NO4S2. The van der Waals surface area contributed by atoms with Crippen molar-refractivity contribution in [2.75, 3.05) is 6.54 Å². The summed E-state index contributed by atoms with van der Waals surface area (Å²) < 4.78 is 6.37. The van der Waals surface area contributed by atoms with Gasteiger partial charge in [-0.2, -0.15) is 0 Å². The van der Waals surface area contributed by atoms with Crippen molar-refractivity contribution >= 4 is 46.3 Å². The Morgan fingerprint density at radius 2 is 2.03 bits per heavy atom. The van der Waals surface area contributed by atoms with E-state index in [0.29, 0.717) is 28.8 Å². The molecule has 0 radical (unpaired) electrons. The van der Waals surface area contributed by atoms with Crippen molar-refractivity contribution in [2.45, 2.75) is 26.4 Å². The van der Waals surface area contributed by atoms with Crippen LogP contribution in [0.3, 0.4) is 0 Å². The second-order valence-electron chi connectivity index (χ2n) is 6.62. The maximum atomic E-state index is 12.6. The molecular weight excluding hydrogens is 406 g/mol. The minimum Gasteiger partial charge on any atom is -0.489 e. The normalized spacial score (nSPS) is 15.2. The summed E-state index contributed by atoms with van der Waals surface area (Å²) in [6, 6.07) is 15.6. The fraction of sp³-hybridized carbons (Fsp3) is 0.227. The lowest BCUT2D eigenvalue weighted by Gasteiger charge is -2.13. The molecule has 0 atom stereocenters. The Labute approximate surface area is 179 Å². The molecule has 3 rings (SSSR count). The van der Waals surface area contributed by atoms with Gasteiger partial charge in [0.25, 0.3) is 5.91 Å². The molecule has 1 N–H and O–H groups in total. The Balaban J connectivity index is 1.66. The first kappa shape index (κ1) is 21.1. The molecule has 1 aliphatic heterocycles. The van der Waals surface area contributed by atoms with E-state index in [9.17, 15) is 9.59 Å². The molecule has 0 aliphatic carbocycles. The monoisotopic (exact) mass is 427 g/mol.